The molecule has 0 saturated heterocycles. The molecule has 0 N–H and O–H groups in total. The highest BCUT2D eigenvalue weighted by molar-refractivity contribution is 6.24. The van der Waals surface area contributed by atoms with Crippen molar-refractivity contribution in [3.8, 4) is 0 Å². The molecule has 2 nitrogen and oxygen atoms in total. The number of fused-ring (bicyclic) bond motifs is 2. The van der Waals surface area contributed by atoms with Crippen molar-refractivity contribution < 1.29 is 0 Å². The van der Waals surface area contributed by atoms with E-state index in [2.05, 4.69) is 93.1 Å². The van der Waals surface area contributed by atoms with Gasteiger partial charge >= 0.3 is 0 Å². The van der Waals surface area contributed by atoms with Gasteiger partial charge in [0.1, 0.15) is 0 Å². The predicted molar refractivity (Wildman–Crippen MR) is 137 cm³/mol. The van der Waals surface area contributed by atoms with Crippen LogP contribution in [0.2, 0.25) is 0 Å². The van der Waals surface area contributed by atoms with Gasteiger partial charge in [-0.25, -0.2) is 0 Å². The summed E-state index contributed by atoms with van der Waals surface area (Å²) in [5.41, 5.74) is 14.2. The molecule has 0 heterocycles. The Morgan fingerprint density at radius 1 is 0.400 bits per heavy atom. The zero-order chi connectivity index (χ0) is 22.7. The Kier molecular flexibility index (Phi) is 5.84. The maximum atomic E-state index is 2.46. The molecule has 0 saturated carbocycles. The Labute approximate surface area is 183 Å². The van der Waals surface area contributed by atoms with Gasteiger partial charge in [0.15, 0.2) is 0 Å². The largest absolute Gasteiger partial charge is 0.374 e. The fraction of sp³-hybridized carbons (Fsp3) is 0.500. The second kappa shape index (κ2) is 7.80. The third kappa shape index (κ3) is 2.91. The molecule has 0 aromatic heterocycles. The lowest BCUT2D eigenvalue weighted by molar-refractivity contribution is 0.968. The van der Waals surface area contributed by atoms with Crippen LogP contribution in [0.25, 0.3) is 21.5 Å². The Morgan fingerprint density at radius 3 is 0.767 bits per heavy atom. The van der Waals surface area contributed by atoms with Gasteiger partial charge in [0.2, 0.25) is 0 Å². The van der Waals surface area contributed by atoms with Crippen molar-refractivity contribution in [2.75, 3.05) is 37.0 Å². The van der Waals surface area contributed by atoms with Gasteiger partial charge in [-0.3, -0.25) is 0 Å². The first-order valence-corrected chi connectivity index (χ1v) is 11.4. The number of rotatable bonds is 4. The fourth-order valence-corrected chi connectivity index (χ4v) is 5.14. The van der Waals surface area contributed by atoms with Crippen molar-refractivity contribution in [1.29, 1.82) is 0 Å². The van der Waals surface area contributed by atoms with Crippen molar-refractivity contribution in [3.05, 3.63) is 44.5 Å². The molecule has 2 heteroatoms. The molecule has 0 aliphatic heterocycles. The van der Waals surface area contributed by atoms with E-state index >= 15 is 0 Å². The number of anilines is 2. The molecule has 0 aliphatic carbocycles. The third-order valence-electron chi connectivity index (χ3n) is 8.03. The van der Waals surface area contributed by atoms with Crippen LogP contribution in [0.1, 0.15) is 58.4 Å². The second-order valence-corrected chi connectivity index (χ2v) is 9.23. The van der Waals surface area contributed by atoms with E-state index in [1.165, 1.54) is 77.4 Å². The van der Waals surface area contributed by atoms with Crippen LogP contribution in [0, 0.1) is 55.4 Å². The van der Waals surface area contributed by atoms with E-state index in [0.29, 0.717) is 0 Å². The highest BCUT2D eigenvalue weighted by Crippen LogP contribution is 2.50. The van der Waals surface area contributed by atoms with Crippen molar-refractivity contribution in [3.63, 3.8) is 0 Å². The van der Waals surface area contributed by atoms with Gasteiger partial charge in [-0.15, -0.1) is 0 Å². The van der Waals surface area contributed by atoms with Crippen LogP contribution in [0.4, 0.5) is 11.4 Å². The van der Waals surface area contributed by atoms with Crippen molar-refractivity contribution in [2.24, 2.45) is 0 Å². The summed E-state index contributed by atoms with van der Waals surface area (Å²) < 4.78 is 0. The summed E-state index contributed by atoms with van der Waals surface area (Å²) in [5, 5.41) is 5.75. The lowest BCUT2D eigenvalue weighted by atomic mass is 9.82. The monoisotopic (exact) mass is 404 g/mol. The smallest absolute Gasteiger partial charge is 0.0530 e. The SMILES string of the molecule is CCN(C)c1c2c(C)c(C)c(C)c(C)c2c(N(C)CC)c2c(C)c(C)c(C)c(C)c12. The van der Waals surface area contributed by atoms with E-state index in [-0.39, 0.29) is 0 Å². The van der Waals surface area contributed by atoms with E-state index in [0.717, 1.165) is 13.1 Å². The average molecular weight is 405 g/mol. The van der Waals surface area contributed by atoms with Gasteiger partial charge in [0, 0.05) is 48.7 Å². The Balaban J connectivity index is 2.91. The molecule has 0 unspecified atom stereocenters. The second-order valence-electron chi connectivity index (χ2n) is 9.23. The van der Waals surface area contributed by atoms with E-state index in [9.17, 15) is 0 Å². The number of hydrogen-bond acceptors (Lipinski definition) is 2. The summed E-state index contributed by atoms with van der Waals surface area (Å²) in [6.07, 6.45) is 0. The highest BCUT2D eigenvalue weighted by atomic mass is 15.1. The van der Waals surface area contributed by atoms with Crippen molar-refractivity contribution in [1.82, 2.24) is 0 Å². The van der Waals surface area contributed by atoms with Gasteiger partial charge in [-0.2, -0.15) is 0 Å². The minimum atomic E-state index is 0.990. The molecule has 3 aromatic carbocycles. The molecule has 162 valence electrons. The van der Waals surface area contributed by atoms with Crippen LogP contribution >= 0.6 is 0 Å². The first kappa shape index (κ1) is 22.5. The van der Waals surface area contributed by atoms with Crippen molar-refractivity contribution >= 4 is 32.9 Å². The highest BCUT2D eigenvalue weighted by Gasteiger charge is 2.26. The molecule has 0 spiro atoms. The minimum absolute atomic E-state index is 0.990. The maximum Gasteiger partial charge on any atom is 0.0530 e. The average Bonchev–Trinajstić information content (AvgIpc) is 2.75. The van der Waals surface area contributed by atoms with Crippen LogP contribution in [0.5, 0.6) is 0 Å². The van der Waals surface area contributed by atoms with Gasteiger partial charge in [-0.05, 0) is 114 Å². The Morgan fingerprint density at radius 2 is 0.600 bits per heavy atom. The zero-order valence-electron chi connectivity index (χ0n) is 21.3. The predicted octanol–water partition coefficient (Wildman–Crippen LogP) is 7.37. The normalized spacial score (nSPS) is 11.6. The van der Waals surface area contributed by atoms with E-state index < -0.39 is 0 Å². The molecule has 0 fully saturated rings. The maximum absolute atomic E-state index is 2.46. The molecule has 0 aliphatic rings. The standard InChI is InChI=1S/C28H40N2/c1-13-29(11)27-23-19(7)15(3)17(5)21(9)25(23)28(30(12)14-2)26-22(10)18(6)16(4)20(8)24(26)27/h13-14H2,1-12H3. The number of nitrogens with zero attached hydrogens (tertiary/aromatic N) is 2. The van der Waals surface area contributed by atoms with Gasteiger partial charge in [-0.1, -0.05) is 0 Å². The lowest BCUT2D eigenvalue weighted by Crippen LogP contribution is -2.21. The van der Waals surface area contributed by atoms with Gasteiger partial charge < -0.3 is 9.80 Å². The summed E-state index contributed by atoms with van der Waals surface area (Å²) in [5.74, 6) is 0. The van der Waals surface area contributed by atoms with Crippen LogP contribution < -0.4 is 9.80 Å². The Bertz CT molecular complexity index is 995. The third-order valence-corrected chi connectivity index (χ3v) is 8.03. The molecule has 30 heavy (non-hydrogen) atoms. The summed E-state index contributed by atoms with van der Waals surface area (Å²) in [6.45, 7) is 24.9. The molecule has 0 bridgehead atoms. The first-order chi connectivity index (χ1) is 14.0. The molecule has 0 radical (unpaired) electrons. The van der Waals surface area contributed by atoms with E-state index in [4.69, 9.17) is 0 Å². The van der Waals surface area contributed by atoms with Crippen LogP contribution in [-0.4, -0.2) is 27.2 Å². The molecule has 3 rings (SSSR count). The Hall–Kier alpha value is -2.22. The lowest BCUT2D eigenvalue weighted by Gasteiger charge is -2.33. The van der Waals surface area contributed by atoms with E-state index in [1.807, 2.05) is 0 Å². The van der Waals surface area contributed by atoms with E-state index in [1.54, 1.807) is 0 Å². The zero-order valence-corrected chi connectivity index (χ0v) is 21.3. The molecule has 0 atom stereocenters. The number of benzene rings is 3. The number of aryl methyl sites for hydroxylation is 4. The molecule has 0 amide bonds. The quantitative estimate of drug-likeness (QED) is 0.331. The first-order valence-electron chi connectivity index (χ1n) is 11.4. The van der Waals surface area contributed by atoms with Gasteiger partial charge in [0.25, 0.3) is 0 Å². The van der Waals surface area contributed by atoms with Crippen molar-refractivity contribution in [2.45, 2.75) is 69.2 Å². The molecule has 3 aromatic rings. The summed E-state index contributed by atoms with van der Waals surface area (Å²) in [7, 11) is 4.51. The minimum Gasteiger partial charge on any atom is -0.374 e. The number of hydrogen-bond donors (Lipinski definition) is 0. The summed E-state index contributed by atoms with van der Waals surface area (Å²) in [4.78, 5) is 4.92. The molecular formula is C28H40N2. The summed E-state index contributed by atoms with van der Waals surface area (Å²) in [6, 6.07) is 0. The van der Waals surface area contributed by atoms with Crippen LogP contribution in [-0.2, 0) is 0 Å². The van der Waals surface area contributed by atoms with Gasteiger partial charge in [0.05, 0.1) is 11.4 Å². The molecular weight excluding hydrogens is 364 g/mol. The fourth-order valence-electron chi connectivity index (χ4n) is 5.14. The van der Waals surface area contributed by atoms with Crippen LogP contribution in [0.3, 0.4) is 0 Å². The van der Waals surface area contributed by atoms with Crippen LogP contribution in [0.15, 0.2) is 0 Å². The topological polar surface area (TPSA) is 6.48 Å². The summed E-state index contributed by atoms with van der Waals surface area (Å²) >= 11 is 0.